The molecule has 26 heavy (non-hydrogen) atoms. The van der Waals surface area contributed by atoms with Gasteiger partial charge in [-0.15, -0.1) is 0 Å². The van der Waals surface area contributed by atoms with E-state index in [4.69, 9.17) is 9.47 Å². The molecule has 5 heteroatoms. The lowest BCUT2D eigenvalue weighted by molar-refractivity contribution is 0.0198. The second-order valence-electron chi connectivity index (χ2n) is 8.01. The monoisotopic (exact) mass is 365 g/mol. The average molecular weight is 365 g/mol. The number of rotatable bonds is 7. The van der Waals surface area contributed by atoms with Crippen LogP contribution in [0.15, 0.2) is 24.3 Å². The van der Waals surface area contributed by atoms with Gasteiger partial charge in [0.25, 0.3) is 0 Å². The van der Waals surface area contributed by atoms with Crippen LogP contribution in [-0.2, 0) is 9.47 Å². The minimum Gasteiger partial charge on any atom is -0.444 e. The zero-order valence-electron chi connectivity index (χ0n) is 16.5. The highest BCUT2D eigenvalue weighted by atomic mass is 19.1. The highest BCUT2D eigenvalue weighted by Gasteiger charge is 2.38. The molecule has 0 bridgehead atoms. The lowest BCUT2D eigenvalue weighted by atomic mass is 9.96. The topological polar surface area (TPSA) is 38.8 Å². The third-order valence-electron chi connectivity index (χ3n) is 4.55. The maximum absolute atomic E-state index is 13.3. The SMILES string of the molecule is CCCCCCO[C@H]1CN(C(=O)OC(C)(C)C)C[C@@H]1c1ccc(F)cc1. The standard InChI is InChI=1S/C21H32FNO3/c1-5-6-7-8-13-25-19-15-23(20(24)26-21(2,3)4)14-18(19)16-9-11-17(22)12-10-16/h9-12,18-19H,5-8,13-15H2,1-4H3/t18-,19+/m1/s1. The number of halogens is 1. The van der Waals surface area contributed by atoms with Gasteiger partial charge in [0, 0.05) is 19.1 Å². The van der Waals surface area contributed by atoms with E-state index in [0.717, 1.165) is 18.4 Å². The van der Waals surface area contributed by atoms with Crippen LogP contribution in [0.1, 0.15) is 64.9 Å². The van der Waals surface area contributed by atoms with Crippen LogP contribution in [0.25, 0.3) is 0 Å². The number of unbranched alkanes of at least 4 members (excludes halogenated alkanes) is 3. The number of nitrogens with zero attached hydrogens (tertiary/aromatic N) is 1. The largest absolute Gasteiger partial charge is 0.444 e. The van der Waals surface area contributed by atoms with Crippen molar-refractivity contribution in [2.75, 3.05) is 19.7 Å². The van der Waals surface area contributed by atoms with Crippen LogP contribution >= 0.6 is 0 Å². The molecule has 1 saturated heterocycles. The van der Waals surface area contributed by atoms with Crippen LogP contribution in [0.2, 0.25) is 0 Å². The van der Waals surface area contributed by atoms with Gasteiger partial charge in [-0.3, -0.25) is 0 Å². The Morgan fingerprint density at radius 3 is 2.46 bits per heavy atom. The van der Waals surface area contributed by atoms with E-state index in [2.05, 4.69) is 6.92 Å². The van der Waals surface area contributed by atoms with Gasteiger partial charge in [-0.05, 0) is 44.9 Å². The van der Waals surface area contributed by atoms with Crippen molar-refractivity contribution in [3.63, 3.8) is 0 Å². The lowest BCUT2D eigenvalue weighted by Gasteiger charge is -2.24. The molecule has 2 rings (SSSR count). The van der Waals surface area contributed by atoms with Gasteiger partial charge in [0.2, 0.25) is 0 Å². The van der Waals surface area contributed by atoms with Crippen LogP contribution < -0.4 is 0 Å². The van der Waals surface area contributed by atoms with Gasteiger partial charge in [0.05, 0.1) is 12.6 Å². The Bertz CT molecular complexity index is 568. The molecule has 0 saturated carbocycles. The first-order valence-corrected chi connectivity index (χ1v) is 9.65. The molecule has 1 fully saturated rings. The molecule has 4 nitrogen and oxygen atoms in total. The molecule has 0 spiro atoms. The number of benzene rings is 1. The molecule has 1 aromatic carbocycles. The Labute approximate surface area is 156 Å². The van der Waals surface area contributed by atoms with Gasteiger partial charge in [0.1, 0.15) is 11.4 Å². The molecule has 0 aliphatic carbocycles. The van der Waals surface area contributed by atoms with Crippen LogP contribution in [0.5, 0.6) is 0 Å². The lowest BCUT2D eigenvalue weighted by Crippen LogP contribution is -2.36. The van der Waals surface area contributed by atoms with Crippen molar-refractivity contribution in [1.29, 1.82) is 0 Å². The number of carbonyl (C=O) groups is 1. The Kier molecular flexibility index (Phi) is 7.44. The van der Waals surface area contributed by atoms with Crippen molar-refractivity contribution >= 4 is 6.09 Å². The zero-order valence-corrected chi connectivity index (χ0v) is 16.5. The van der Waals surface area contributed by atoms with E-state index in [0.29, 0.717) is 19.7 Å². The van der Waals surface area contributed by atoms with Crippen molar-refractivity contribution in [2.24, 2.45) is 0 Å². The summed E-state index contributed by atoms with van der Waals surface area (Å²) in [4.78, 5) is 14.1. The van der Waals surface area contributed by atoms with Crippen molar-refractivity contribution < 1.29 is 18.7 Å². The van der Waals surface area contributed by atoms with E-state index in [1.165, 1.54) is 25.0 Å². The molecule has 1 aliphatic heterocycles. The molecular weight excluding hydrogens is 333 g/mol. The van der Waals surface area contributed by atoms with Crippen molar-refractivity contribution in [1.82, 2.24) is 4.90 Å². The predicted molar refractivity (Wildman–Crippen MR) is 101 cm³/mol. The van der Waals surface area contributed by atoms with Crippen molar-refractivity contribution in [3.8, 4) is 0 Å². The Balaban J connectivity index is 2.03. The summed E-state index contributed by atoms with van der Waals surface area (Å²) in [7, 11) is 0. The second-order valence-corrected chi connectivity index (χ2v) is 8.01. The molecule has 0 unspecified atom stereocenters. The van der Waals surface area contributed by atoms with Gasteiger partial charge >= 0.3 is 6.09 Å². The third kappa shape index (κ3) is 6.27. The first kappa shape index (κ1) is 20.7. The summed E-state index contributed by atoms with van der Waals surface area (Å²) < 4.78 is 24.9. The van der Waals surface area contributed by atoms with E-state index >= 15 is 0 Å². The molecule has 1 heterocycles. The normalized spacial score (nSPS) is 20.4. The number of likely N-dealkylation sites (tertiary alicyclic amines) is 1. The van der Waals surface area contributed by atoms with Gasteiger partial charge < -0.3 is 14.4 Å². The molecule has 1 aromatic rings. The first-order chi connectivity index (χ1) is 12.3. The average Bonchev–Trinajstić information content (AvgIpc) is 2.98. The molecule has 0 aromatic heterocycles. The fourth-order valence-electron chi connectivity index (χ4n) is 3.21. The highest BCUT2D eigenvalue weighted by molar-refractivity contribution is 5.69. The minimum absolute atomic E-state index is 0.0364. The smallest absolute Gasteiger partial charge is 0.410 e. The zero-order chi connectivity index (χ0) is 19.2. The second kappa shape index (κ2) is 9.36. The maximum Gasteiger partial charge on any atom is 0.410 e. The summed E-state index contributed by atoms with van der Waals surface area (Å²) in [6.45, 7) is 9.48. The highest BCUT2D eigenvalue weighted by Crippen LogP contribution is 2.31. The van der Waals surface area contributed by atoms with E-state index in [1.807, 2.05) is 20.8 Å². The molecule has 1 aliphatic rings. The molecule has 146 valence electrons. The van der Waals surface area contributed by atoms with Gasteiger partial charge in [-0.25, -0.2) is 9.18 Å². The molecule has 2 atom stereocenters. The van der Waals surface area contributed by atoms with Gasteiger partial charge in [-0.2, -0.15) is 0 Å². The summed E-state index contributed by atoms with van der Waals surface area (Å²) in [5.74, 6) is -0.220. The number of hydrogen-bond donors (Lipinski definition) is 0. The fraction of sp³-hybridized carbons (Fsp3) is 0.667. The van der Waals surface area contributed by atoms with Crippen LogP contribution in [-0.4, -0.2) is 42.4 Å². The number of carbonyl (C=O) groups excluding carboxylic acids is 1. The summed E-state index contributed by atoms with van der Waals surface area (Å²) in [5.41, 5.74) is 0.470. The van der Waals surface area contributed by atoms with Crippen LogP contribution in [0, 0.1) is 5.82 Å². The Hall–Kier alpha value is -1.62. The summed E-state index contributed by atoms with van der Waals surface area (Å²) in [5, 5.41) is 0. The van der Waals surface area contributed by atoms with E-state index in [9.17, 15) is 9.18 Å². The Morgan fingerprint density at radius 1 is 1.15 bits per heavy atom. The summed E-state index contributed by atoms with van der Waals surface area (Å²) >= 11 is 0. The van der Waals surface area contributed by atoms with Gasteiger partial charge in [0.15, 0.2) is 0 Å². The summed E-state index contributed by atoms with van der Waals surface area (Å²) in [6, 6.07) is 6.49. The summed E-state index contributed by atoms with van der Waals surface area (Å²) in [6.07, 6.45) is 4.16. The molecule has 1 amide bonds. The number of amides is 1. The molecular formula is C21H32FNO3. The van der Waals surface area contributed by atoms with Crippen molar-refractivity contribution in [3.05, 3.63) is 35.6 Å². The van der Waals surface area contributed by atoms with E-state index < -0.39 is 5.60 Å². The third-order valence-corrected chi connectivity index (χ3v) is 4.55. The minimum atomic E-state index is -0.526. The maximum atomic E-state index is 13.3. The quantitative estimate of drug-likeness (QED) is 0.629. The van der Waals surface area contributed by atoms with E-state index in [1.54, 1.807) is 17.0 Å². The van der Waals surface area contributed by atoms with Crippen LogP contribution in [0.3, 0.4) is 0 Å². The number of ether oxygens (including phenoxy) is 2. The molecule has 0 N–H and O–H groups in total. The number of hydrogen-bond acceptors (Lipinski definition) is 3. The van der Waals surface area contributed by atoms with E-state index in [-0.39, 0.29) is 23.9 Å². The fourth-order valence-corrected chi connectivity index (χ4v) is 3.21. The van der Waals surface area contributed by atoms with Gasteiger partial charge in [-0.1, -0.05) is 38.3 Å². The van der Waals surface area contributed by atoms with Crippen LogP contribution in [0.4, 0.5) is 9.18 Å². The Morgan fingerprint density at radius 2 is 1.85 bits per heavy atom. The first-order valence-electron chi connectivity index (χ1n) is 9.65. The van der Waals surface area contributed by atoms with Crippen molar-refractivity contribution in [2.45, 2.75) is 71.0 Å². The predicted octanol–water partition coefficient (Wildman–Crippen LogP) is 5.13. The molecule has 0 radical (unpaired) electrons.